The number of nitrogens with zero attached hydrogens (tertiary/aromatic N) is 3. The van der Waals surface area contributed by atoms with E-state index in [9.17, 15) is 25.0 Å². The van der Waals surface area contributed by atoms with Crippen molar-refractivity contribution in [2.24, 2.45) is 0 Å². The number of amides is 1. The van der Waals surface area contributed by atoms with Crippen molar-refractivity contribution in [2.75, 3.05) is 24.3 Å². The van der Waals surface area contributed by atoms with Gasteiger partial charge in [-0.15, -0.1) is 0 Å². The smallest absolute Gasteiger partial charge is 0.295 e. The molecule has 0 radical (unpaired) electrons. The summed E-state index contributed by atoms with van der Waals surface area (Å²) in [5.41, 5.74) is -0.324. The Morgan fingerprint density at radius 2 is 1.68 bits per heavy atom. The molecule has 0 fully saturated rings. The van der Waals surface area contributed by atoms with E-state index in [2.05, 4.69) is 5.32 Å². The van der Waals surface area contributed by atoms with Crippen LogP contribution >= 0.6 is 11.6 Å². The lowest BCUT2D eigenvalue weighted by atomic mass is 10.1. The molecule has 0 aliphatic rings. The normalized spacial score (nSPS) is 10.2. The van der Waals surface area contributed by atoms with Crippen molar-refractivity contribution in [1.29, 1.82) is 0 Å². The van der Waals surface area contributed by atoms with E-state index in [0.717, 1.165) is 11.8 Å². The average molecular weight is 365 g/mol. The van der Waals surface area contributed by atoms with Crippen molar-refractivity contribution < 1.29 is 14.6 Å². The number of carbonyl (C=O) groups is 1. The Hall–Kier alpha value is -3.20. The van der Waals surface area contributed by atoms with Crippen LogP contribution in [0.3, 0.4) is 0 Å². The summed E-state index contributed by atoms with van der Waals surface area (Å²) in [6.07, 6.45) is 0. The first-order valence-corrected chi connectivity index (χ1v) is 7.29. The number of hydrogen-bond acceptors (Lipinski definition) is 6. The molecule has 10 heteroatoms. The molecule has 0 unspecified atom stereocenters. The van der Waals surface area contributed by atoms with Crippen LogP contribution in [0.15, 0.2) is 36.4 Å². The van der Waals surface area contributed by atoms with Crippen LogP contribution in [-0.4, -0.2) is 29.8 Å². The summed E-state index contributed by atoms with van der Waals surface area (Å²) in [7, 11) is 3.71. The number of nitro benzene ring substituents is 2. The maximum Gasteiger partial charge on any atom is 0.295 e. The van der Waals surface area contributed by atoms with Gasteiger partial charge in [0.2, 0.25) is 0 Å². The standard InChI is InChI=1S/C15H13ClN4O5/c1-18(2)10-5-3-9(4-6-10)17-15(21)12-7-11(19(22)23)8-13(14(12)16)20(24)25/h3-8H,1-2H3,(H,17,21). The zero-order chi connectivity index (χ0) is 18.7. The third-order valence-corrected chi connectivity index (χ3v) is 3.73. The Kier molecular flexibility index (Phi) is 5.18. The third-order valence-electron chi connectivity index (χ3n) is 3.33. The average Bonchev–Trinajstić information content (AvgIpc) is 2.54. The highest BCUT2D eigenvalue weighted by molar-refractivity contribution is 6.36. The summed E-state index contributed by atoms with van der Waals surface area (Å²) in [5, 5.41) is 24.0. The zero-order valence-electron chi connectivity index (χ0n) is 13.2. The number of rotatable bonds is 5. The van der Waals surface area contributed by atoms with Gasteiger partial charge in [0.1, 0.15) is 5.02 Å². The lowest BCUT2D eigenvalue weighted by Gasteiger charge is -2.13. The number of halogens is 1. The molecule has 0 heterocycles. The summed E-state index contributed by atoms with van der Waals surface area (Å²) >= 11 is 5.88. The van der Waals surface area contributed by atoms with Crippen LogP contribution in [0, 0.1) is 20.2 Å². The number of carbonyl (C=O) groups excluding carboxylic acids is 1. The largest absolute Gasteiger partial charge is 0.378 e. The Morgan fingerprint density at radius 1 is 1.08 bits per heavy atom. The van der Waals surface area contributed by atoms with Gasteiger partial charge in [-0.2, -0.15) is 0 Å². The van der Waals surface area contributed by atoms with Gasteiger partial charge in [-0.25, -0.2) is 0 Å². The molecule has 2 rings (SSSR count). The minimum absolute atomic E-state index is 0.348. The minimum Gasteiger partial charge on any atom is -0.378 e. The lowest BCUT2D eigenvalue weighted by molar-refractivity contribution is -0.394. The molecule has 0 bridgehead atoms. The Bertz CT molecular complexity index is 852. The topological polar surface area (TPSA) is 119 Å². The second kappa shape index (κ2) is 7.14. The van der Waals surface area contributed by atoms with E-state index in [-0.39, 0.29) is 5.56 Å². The van der Waals surface area contributed by atoms with Gasteiger partial charge in [0, 0.05) is 31.5 Å². The van der Waals surface area contributed by atoms with Gasteiger partial charge in [0.25, 0.3) is 17.3 Å². The summed E-state index contributed by atoms with van der Waals surface area (Å²) in [6, 6.07) is 8.39. The molecule has 1 N–H and O–H groups in total. The molecular weight excluding hydrogens is 352 g/mol. The van der Waals surface area contributed by atoms with Crippen LogP contribution in [0.4, 0.5) is 22.7 Å². The van der Waals surface area contributed by atoms with Gasteiger partial charge in [-0.05, 0) is 24.3 Å². The van der Waals surface area contributed by atoms with E-state index >= 15 is 0 Å². The molecule has 130 valence electrons. The maximum absolute atomic E-state index is 12.4. The SMILES string of the molecule is CN(C)c1ccc(NC(=O)c2cc([N+](=O)[O-])cc([N+](=O)[O-])c2Cl)cc1. The van der Waals surface area contributed by atoms with E-state index in [1.165, 1.54) is 0 Å². The molecular formula is C15H13ClN4O5. The van der Waals surface area contributed by atoms with E-state index in [0.29, 0.717) is 11.8 Å². The van der Waals surface area contributed by atoms with E-state index < -0.39 is 32.2 Å². The molecule has 1 amide bonds. The highest BCUT2D eigenvalue weighted by Crippen LogP contribution is 2.33. The van der Waals surface area contributed by atoms with Crippen LogP contribution in [0.2, 0.25) is 5.02 Å². The maximum atomic E-state index is 12.4. The van der Waals surface area contributed by atoms with Gasteiger partial charge >= 0.3 is 0 Å². The van der Waals surface area contributed by atoms with Gasteiger partial charge in [0.15, 0.2) is 0 Å². The summed E-state index contributed by atoms with van der Waals surface area (Å²) in [5.74, 6) is -0.783. The van der Waals surface area contributed by atoms with Crippen molar-refractivity contribution >= 4 is 40.3 Å². The molecule has 0 spiro atoms. The first-order valence-electron chi connectivity index (χ1n) is 6.91. The van der Waals surface area contributed by atoms with E-state index in [1.807, 2.05) is 19.0 Å². The lowest BCUT2D eigenvalue weighted by Crippen LogP contribution is -2.14. The molecule has 9 nitrogen and oxygen atoms in total. The predicted octanol–water partition coefficient (Wildman–Crippen LogP) is 3.47. The van der Waals surface area contributed by atoms with Crippen molar-refractivity contribution in [1.82, 2.24) is 0 Å². The van der Waals surface area contributed by atoms with Gasteiger partial charge in [-0.1, -0.05) is 11.6 Å². The van der Waals surface area contributed by atoms with Crippen LogP contribution < -0.4 is 10.2 Å². The molecule has 2 aromatic rings. The Labute approximate surface area is 147 Å². The monoisotopic (exact) mass is 364 g/mol. The molecule has 0 saturated heterocycles. The van der Waals surface area contributed by atoms with Crippen LogP contribution in [-0.2, 0) is 0 Å². The van der Waals surface area contributed by atoms with Crippen molar-refractivity contribution in [3.63, 3.8) is 0 Å². The second-order valence-corrected chi connectivity index (χ2v) is 5.61. The molecule has 0 atom stereocenters. The fourth-order valence-electron chi connectivity index (χ4n) is 2.04. The highest BCUT2D eigenvalue weighted by Gasteiger charge is 2.26. The third kappa shape index (κ3) is 4.01. The van der Waals surface area contributed by atoms with Crippen LogP contribution in [0.5, 0.6) is 0 Å². The second-order valence-electron chi connectivity index (χ2n) is 5.24. The summed E-state index contributed by atoms with van der Waals surface area (Å²) in [4.78, 5) is 34.4. The summed E-state index contributed by atoms with van der Waals surface area (Å²) in [6.45, 7) is 0. The van der Waals surface area contributed by atoms with Gasteiger partial charge in [0.05, 0.1) is 21.5 Å². The fraction of sp³-hybridized carbons (Fsp3) is 0.133. The fourth-order valence-corrected chi connectivity index (χ4v) is 2.30. The van der Waals surface area contributed by atoms with Gasteiger partial charge < -0.3 is 10.2 Å². The van der Waals surface area contributed by atoms with Crippen molar-refractivity contribution in [2.45, 2.75) is 0 Å². The van der Waals surface area contributed by atoms with Crippen molar-refractivity contribution in [3.05, 3.63) is 67.2 Å². The molecule has 2 aromatic carbocycles. The number of anilines is 2. The zero-order valence-corrected chi connectivity index (χ0v) is 14.0. The molecule has 0 aliphatic heterocycles. The van der Waals surface area contributed by atoms with E-state index in [1.54, 1.807) is 24.3 Å². The van der Waals surface area contributed by atoms with Crippen LogP contribution in [0.25, 0.3) is 0 Å². The number of non-ortho nitro benzene ring substituents is 1. The first-order chi connectivity index (χ1) is 11.7. The molecule has 0 saturated carbocycles. The highest BCUT2D eigenvalue weighted by atomic mass is 35.5. The first kappa shape index (κ1) is 18.1. The molecule has 25 heavy (non-hydrogen) atoms. The van der Waals surface area contributed by atoms with Crippen molar-refractivity contribution in [3.8, 4) is 0 Å². The number of benzene rings is 2. The number of nitrogens with one attached hydrogen (secondary N) is 1. The molecule has 0 aromatic heterocycles. The molecule has 0 aliphatic carbocycles. The summed E-state index contributed by atoms with van der Waals surface area (Å²) < 4.78 is 0. The van der Waals surface area contributed by atoms with Gasteiger partial charge in [-0.3, -0.25) is 25.0 Å². The quantitative estimate of drug-likeness (QED) is 0.640. The minimum atomic E-state index is -0.877. The predicted molar refractivity (Wildman–Crippen MR) is 93.5 cm³/mol. The number of hydrogen-bond donors (Lipinski definition) is 1. The van der Waals surface area contributed by atoms with Crippen LogP contribution in [0.1, 0.15) is 10.4 Å². The number of nitro groups is 2. The Balaban J connectivity index is 2.38. The Morgan fingerprint density at radius 3 is 2.16 bits per heavy atom. The van der Waals surface area contributed by atoms with E-state index in [4.69, 9.17) is 11.6 Å².